The average Bonchev–Trinajstić information content (AvgIpc) is 1.88. The summed E-state index contributed by atoms with van der Waals surface area (Å²) in [5, 5.41) is 18.2. The Bertz CT molecular complexity index is 99.4. The standard InChI is InChI=1S/C8H16O2/c1-3-5-8(10)6-7(9)4-2/h3,5,7-10H,4,6H2,1-2H3/t7-,8+/m0/s1. The van der Waals surface area contributed by atoms with E-state index < -0.39 is 6.10 Å². The van der Waals surface area contributed by atoms with Crippen molar-refractivity contribution in [3.63, 3.8) is 0 Å². The molecule has 0 bridgehead atoms. The van der Waals surface area contributed by atoms with E-state index in [0.717, 1.165) is 0 Å². The van der Waals surface area contributed by atoms with E-state index in [4.69, 9.17) is 10.2 Å². The maximum absolute atomic E-state index is 9.10. The summed E-state index contributed by atoms with van der Waals surface area (Å²) < 4.78 is 0. The fraction of sp³-hybridized carbons (Fsp3) is 0.750. The summed E-state index contributed by atoms with van der Waals surface area (Å²) in [5.74, 6) is 0. The Morgan fingerprint density at radius 1 is 1.40 bits per heavy atom. The molecule has 0 saturated heterocycles. The quantitative estimate of drug-likeness (QED) is 0.580. The van der Waals surface area contributed by atoms with Gasteiger partial charge in [-0.15, -0.1) is 0 Å². The highest BCUT2D eigenvalue weighted by Crippen LogP contribution is 2.02. The molecule has 10 heavy (non-hydrogen) atoms. The van der Waals surface area contributed by atoms with Crippen LogP contribution in [0.5, 0.6) is 0 Å². The molecular weight excluding hydrogens is 128 g/mol. The van der Waals surface area contributed by atoms with Gasteiger partial charge in [-0.05, 0) is 13.3 Å². The van der Waals surface area contributed by atoms with Crippen molar-refractivity contribution in [2.45, 2.75) is 38.9 Å². The van der Waals surface area contributed by atoms with Crippen LogP contribution >= 0.6 is 0 Å². The van der Waals surface area contributed by atoms with E-state index in [0.29, 0.717) is 12.8 Å². The number of aliphatic hydroxyl groups excluding tert-OH is 2. The van der Waals surface area contributed by atoms with Crippen LogP contribution in [0.2, 0.25) is 0 Å². The first kappa shape index (κ1) is 9.66. The van der Waals surface area contributed by atoms with Crippen LogP contribution in [-0.2, 0) is 0 Å². The molecule has 0 amide bonds. The SMILES string of the molecule is CC=C[C@@H](O)C[C@@H](O)CC. The highest BCUT2D eigenvalue weighted by Gasteiger charge is 2.05. The van der Waals surface area contributed by atoms with Crippen molar-refractivity contribution in [3.05, 3.63) is 12.2 Å². The first-order valence-corrected chi connectivity index (χ1v) is 3.69. The van der Waals surface area contributed by atoms with Crippen LogP contribution in [0.25, 0.3) is 0 Å². The molecule has 0 heterocycles. The molecule has 0 aromatic heterocycles. The zero-order valence-corrected chi connectivity index (χ0v) is 6.62. The molecule has 0 saturated carbocycles. The van der Waals surface area contributed by atoms with E-state index >= 15 is 0 Å². The molecule has 2 N–H and O–H groups in total. The van der Waals surface area contributed by atoms with Gasteiger partial charge in [0, 0.05) is 6.42 Å². The molecule has 2 heteroatoms. The van der Waals surface area contributed by atoms with E-state index in [9.17, 15) is 0 Å². The van der Waals surface area contributed by atoms with Crippen molar-refractivity contribution in [3.8, 4) is 0 Å². The first-order valence-electron chi connectivity index (χ1n) is 3.69. The monoisotopic (exact) mass is 144 g/mol. The third-order valence-electron chi connectivity index (χ3n) is 1.40. The van der Waals surface area contributed by atoms with Crippen molar-refractivity contribution >= 4 is 0 Å². The minimum atomic E-state index is -0.486. The second-order valence-corrected chi connectivity index (χ2v) is 2.39. The average molecular weight is 144 g/mol. The normalized spacial score (nSPS) is 17.6. The Hall–Kier alpha value is -0.340. The van der Waals surface area contributed by atoms with Gasteiger partial charge in [0.1, 0.15) is 0 Å². The summed E-state index contributed by atoms with van der Waals surface area (Å²) in [6.07, 6.45) is 3.76. The lowest BCUT2D eigenvalue weighted by molar-refractivity contribution is 0.101. The van der Waals surface area contributed by atoms with Gasteiger partial charge in [-0.2, -0.15) is 0 Å². The molecule has 0 radical (unpaired) electrons. The maximum atomic E-state index is 9.10. The topological polar surface area (TPSA) is 40.5 Å². The fourth-order valence-corrected chi connectivity index (χ4v) is 0.746. The van der Waals surface area contributed by atoms with E-state index in [1.54, 1.807) is 12.2 Å². The minimum Gasteiger partial charge on any atom is -0.393 e. The van der Waals surface area contributed by atoms with Crippen molar-refractivity contribution in [2.24, 2.45) is 0 Å². The minimum absolute atomic E-state index is 0.369. The summed E-state index contributed by atoms with van der Waals surface area (Å²) in [6, 6.07) is 0. The van der Waals surface area contributed by atoms with Gasteiger partial charge in [-0.3, -0.25) is 0 Å². The zero-order valence-electron chi connectivity index (χ0n) is 6.62. The second kappa shape index (κ2) is 5.45. The van der Waals surface area contributed by atoms with E-state index in [1.165, 1.54) is 0 Å². The number of allylic oxidation sites excluding steroid dienone is 1. The molecule has 60 valence electrons. The molecule has 0 aliphatic rings. The van der Waals surface area contributed by atoms with Crippen molar-refractivity contribution in [1.29, 1.82) is 0 Å². The summed E-state index contributed by atoms with van der Waals surface area (Å²) in [6.45, 7) is 3.74. The van der Waals surface area contributed by atoms with Gasteiger partial charge in [0.25, 0.3) is 0 Å². The van der Waals surface area contributed by atoms with Crippen molar-refractivity contribution in [1.82, 2.24) is 0 Å². The van der Waals surface area contributed by atoms with Gasteiger partial charge in [0.2, 0.25) is 0 Å². The summed E-state index contributed by atoms with van der Waals surface area (Å²) >= 11 is 0. The first-order chi connectivity index (χ1) is 4.70. The van der Waals surface area contributed by atoms with Crippen molar-refractivity contribution < 1.29 is 10.2 Å². The number of hydrogen-bond donors (Lipinski definition) is 2. The smallest absolute Gasteiger partial charge is 0.0745 e. The third kappa shape index (κ3) is 4.53. The second-order valence-electron chi connectivity index (χ2n) is 2.39. The molecule has 0 unspecified atom stereocenters. The fourth-order valence-electron chi connectivity index (χ4n) is 0.746. The highest BCUT2D eigenvalue weighted by atomic mass is 16.3. The van der Waals surface area contributed by atoms with Crippen LogP contribution in [0.15, 0.2) is 12.2 Å². The summed E-state index contributed by atoms with van der Waals surface area (Å²) in [4.78, 5) is 0. The lowest BCUT2D eigenvalue weighted by Crippen LogP contribution is -2.14. The van der Waals surface area contributed by atoms with E-state index in [1.807, 2.05) is 13.8 Å². The summed E-state index contributed by atoms with van der Waals surface area (Å²) in [5.41, 5.74) is 0. The zero-order chi connectivity index (χ0) is 7.98. The van der Waals surface area contributed by atoms with Crippen LogP contribution in [0, 0.1) is 0 Å². The molecule has 0 spiro atoms. The molecule has 0 aromatic rings. The number of aliphatic hydroxyl groups is 2. The molecule has 2 nitrogen and oxygen atoms in total. The molecule has 0 aromatic carbocycles. The Kier molecular flexibility index (Phi) is 5.26. The van der Waals surface area contributed by atoms with Crippen LogP contribution in [-0.4, -0.2) is 22.4 Å². The largest absolute Gasteiger partial charge is 0.393 e. The van der Waals surface area contributed by atoms with Crippen LogP contribution < -0.4 is 0 Å². The Morgan fingerprint density at radius 2 is 2.00 bits per heavy atom. The highest BCUT2D eigenvalue weighted by molar-refractivity contribution is 4.86. The number of rotatable bonds is 4. The van der Waals surface area contributed by atoms with E-state index in [2.05, 4.69) is 0 Å². The van der Waals surface area contributed by atoms with E-state index in [-0.39, 0.29) is 6.10 Å². The molecular formula is C8H16O2. The van der Waals surface area contributed by atoms with Gasteiger partial charge < -0.3 is 10.2 Å². The Morgan fingerprint density at radius 3 is 2.40 bits per heavy atom. The lowest BCUT2D eigenvalue weighted by atomic mass is 10.1. The molecule has 2 atom stereocenters. The molecule has 0 rings (SSSR count). The van der Waals surface area contributed by atoms with Gasteiger partial charge in [-0.1, -0.05) is 19.1 Å². The predicted octanol–water partition coefficient (Wildman–Crippen LogP) is 1.08. The predicted molar refractivity (Wildman–Crippen MR) is 41.7 cm³/mol. The maximum Gasteiger partial charge on any atom is 0.0745 e. The molecule has 0 fully saturated rings. The van der Waals surface area contributed by atoms with Gasteiger partial charge >= 0.3 is 0 Å². The molecule has 0 aliphatic carbocycles. The summed E-state index contributed by atoms with van der Waals surface area (Å²) in [7, 11) is 0. The Labute approximate surface area is 62.2 Å². The Balaban J connectivity index is 3.46. The van der Waals surface area contributed by atoms with Crippen LogP contribution in [0.4, 0.5) is 0 Å². The molecule has 0 aliphatic heterocycles. The lowest BCUT2D eigenvalue weighted by Gasteiger charge is -2.09. The van der Waals surface area contributed by atoms with Crippen LogP contribution in [0.3, 0.4) is 0 Å². The van der Waals surface area contributed by atoms with Gasteiger partial charge in [0.15, 0.2) is 0 Å². The van der Waals surface area contributed by atoms with Gasteiger partial charge in [0.05, 0.1) is 12.2 Å². The van der Waals surface area contributed by atoms with Gasteiger partial charge in [-0.25, -0.2) is 0 Å². The number of hydrogen-bond acceptors (Lipinski definition) is 2. The van der Waals surface area contributed by atoms with Crippen LogP contribution in [0.1, 0.15) is 26.7 Å². The van der Waals surface area contributed by atoms with Crippen molar-refractivity contribution in [2.75, 3.05) is 0 Å². The third-order valence-corrected chi connectivity index (χ3v) is 1.40.